The molecule has 29 heavy (non-hydrogen) atoms. The Morgan fingerprint density at radius 1 is 1.10 bits per heavy atom. The maximum atomic E-state index is 12.5. The molecule has 0 fully saturated rings. The van der Waals surface area contributed by atoms with Crippen molar-refractivity contribution in [3.63, 3.8) is 0 Å². The quantitative estimate of drug-likeness (QED) is 0.572. The molecule has 8 nitrogen and oxygen atoms in total. The van der Waals surface area contributed by atoms with Gasteiger partial charge < -0.3 is 19.4 Å². The summed E-state index contributed by atoms with van der Waals surface area (Å²) >= 11 is 0. The van der Waals surface area contributed by atoms with Gasteiger partial charge in [-0.15, -0.1) is 0 Å². The predicted molar refractivity (Wildman–Crippen MR) is 107 cm³/mol. The Labute approximate surface area is 169 Å². The molecule has 0 saturated heterocycles. The van der Waals surface area contributed by atoms with Crippen LogP contribution >= 0.6 is 0 Å². The minimum atomic E-state index is -0.542. The summed E-state index contributed by atoms with van der Waals surface area (Å²) in [6.07, 6.45) is 3.48. The van der Waals surface area contributed by atoms with Crippen molar-refractivity contribution in [2.75, 3.05) is 14.2 Å². The van der Waals surface area contributed by atoms with Crippen molar-refractivity contribution in [3.05, 3.63) is 77.9 Å². The Bertz CT molecular complexity index is 921. The van der Waals surface area contributed by atoms with Crippen LogP contribution in [0.4, 0.5) is 4.79 Å². The van der Waals surface area contributed by atoms with E-state index in [0.717, 1.165) is 11.1 Å². The fourth-order valence-corrected chi connectivity index (χ4v) is 2.87. The molecule has 0 unspecified atom stereocenters. The number of hydroxylamine groups is 1. The summed E-state index contributed by atoms with van der Waals surface area (Å²) in [5, 5.41) is 2.90. The summed E-state index contributed by atoms with van der Waals surface area (Å²) in [5.74, 6) is 1.88. The van der Waals surface area contributed by atoms with Crippen LogP contribution in [0.1, 0.15) is 23.0 Å². The van der Waals surface area contributed by atoms with E-state index >= 15 is 0 Å². The van der Waals surface area contributed by atoms with Crippen LogP contribution in [-0.4, -0.2) is 29.8 Å². The van der Waals surface area contributed by atoms with Crippen LogP contribution in [-0.2, 0) is 18.5 Å². The van der Waals surface area contributed by atoms with E-state index in [1.54, 1.807) is 26.5 Å². The zero-order valence-electron chi connectivity index (χ0n) is 16.6. The lowest BCUT2D eigenvalue weighted by atomic mass is 10.1. The molecule has 3 aromatic rings. The fourth-order valence-electron chi connectivity index (χ4n) is 2.87. The number of aromatic nitrogens is 2. The third-order valence-electron chi connectivity index (χ3n) is 4.35. The molecule has 0 aliphatic rings. The molecule has 3 rings (SSSR count). The molecule has 1 atom stereocenters. The van der Waals surface area contributed by atoms with Crippen LogP contribution in [0.2, 0.25) is 0 Å². The van der Waals surface area contributed by atoms with Gasteiger partial charge in [0.15, 0.2) is 0 Å². The van der Waals surface area contributed by atoms with Crippen LogP contribution in [0.5, 0.6) is 11.5 Å². The number of nitrogens with one attached hydrogen (secondary N) is 2. The van der Waals surface area contributed by atoms with Gasteiger partial charge in [0.05, 0.1) is 20.8 Å². The molecule has 2 amide bonds. The molecule has 0 saturated carbocycles. The van der Waals surface area contributed by atoms with E-state index in [1.165, 1.54) is 0 Å². The van der Waals surface area contributed by atoms with Crippen molar-refractivity contribution < 1.29 is 19.1 Å². The summed E-state index contributed by atoms with van der Waals surface area (Å²) in [6, 6.07) is 14.0. The van der Waals surface area contributed by atoms with Gasteiger partial charge in [-0.3, -0.25) is 4.84 Å². The molecule has 152 valence electrons. The number of urea groups is 1. The number of amides is 2. The van der Waals surface area contributed by atoms with Crippen LogP contribution in [0.15, 0.2) is 60.9 Å². The average Bonchev–Trinajstić information content (AvgIpc) is 3.17. The second-order valence-electron chi connectivity index (χ2n) is 6.33. The molecule has 0 aliphatic carbocycles. The summed E-state index contributed by atoms with van der Waals surface area (Å²) < 4.78 is 12.5. The minimum Gasteiger partial charge on any atom is -0.497 e. The number of rotatable bonds is 8. The van der Waals surface area contributed by atoms with E-state index in [2.05, 4.69) is 15.8 Å². The number of aryl methyl sites for hydroxylation is 1. The highest BCUT2D eigenvalue weighted by atomic mass is 16.7. The first kappa shape index (κ1) is 20.2. The zero-order chi connectivity index (χ0) is 20.6. The van der Waals surface area contributed by atoms with Gasteiger partial charge in [0.1, 0.15) is 23.4 Å². The third-order valence-corrected chi connectivity index (χ3v) is 4.35. The summed E-state index contributed by atoms with van der Waals surface area (Å²) in [4.78, 5) is 22.2. The van der Waals surface area contributed by atoms with E-state index in [9.17, 15) is 4.79 Å². The van der Waals surface area contributed by atoms with Crippen LogP contribution in [0, 0.1) is 0 Å². The lowest BCUT2D eigenvalue weighted by Gasteiger charge is -2.20. The van der Waals surface area contributed by atoms with Crippen molar-refractivity contribution in [1.29, 1.82) is 0 Å². The van der Waals surface area contributed by atoms with Gasteiger partial charge in [0.25, 0.3) is 0 Å². The fraction of sp³-hybridized carbons (Fsp3) is 0.238. The molecule has 1 aromatic heterocycles. The highest BCUT2D eigenvalue weighted by Gasteiger charge is 2.22. The molecular formula is C21H24N4O4. The van der Waals surface area contributed by atoms with E-state index in [1.807, 2.05) is 60.3 Å². The van der Waals surface area contributed by atoms with Crippen molar-refractivity contribution in [3.8, 4) is 11.5 Å². The second-order valence-corrected chi connectivity index (χ2v) is 6.33. The number of nitrogens with zero attached hydrogens (tertiary/aromatic N) is 2. The Balaban J connectivity index is 1.76. The van der Waals surface area contributed by atoms with Crippen molar-refractivity contribution >= 4 is 6.03 Å². The smallest absolute Gasteiger partial charge is 0.339 e. The highest BCUT2D eigenvalue weighted by Crippen LogP contribution is 2.29. The summed E-state index contributed by atoms with van der Waals surface area (Å²) in [5.41, 5.74) is 4.13. The van der Waals surface area contributed by atoms with Crippen LogP contribution in [0.3, 0.4) is 0 Å². The minimum absolute atomic E-state index is 0.258. The first-order valence-corrected chi connectivity index (χ1v) is 9.03. The van der Waals surface area contributed by atoms with Gasteiger partial charge >= 0.3 is 6.03 Å². The predicted octanol–water partition coefficient (Wildman–Crippen LogP) is 2.96. The Morgan fingerprint density at radius 2 is 1.79 bits per heavy atom. The molecule has 0 radical (unpaired) electrons. The molecule has 0 aliphatic heterocycles. The largest absolute Gasteiger partial charge is 0.497 e. The Morgan fingerprint density at radius 3 is 2.38 bits per heavy atom. The number of methoxy groups -OCH3 is 2. The molecule has 1 heterocycles. The molecule has 0 bridgehead atoms. The van der Waals surface area contributed by atoms with Gasteiger partial charge in [0.2, 0.25) is 0 Å². The number of ether oxygens (including phenoxy) is 2. The number of imidazole rings is 1. The first-order valence-electron chi connectivity index (χ1n) is 9.03. The van der Waals surface area contributed by atoms with Gasteiger partial charge in [-0.05, 0) is 23.3 Å². The van der Waals surface area contributed by atoms with Crippen LogP contribution < -0.4 is 20.3 Å². The molecular weight excluding hydrogens is 372 g/mol. The standard InChI is InChI=1S/C21H24N4O4/c1-25-10-9-22-20(25)19(16-11-17(27-2)13-18(12-16)28-3)23-21(26)24-29-14-15-7-5-4-6-8-15/h4-13,19H,14H2,1-3H3,(H2,23,24,26)/t19-/m0/s1. The second kappa shape index (κ2) is 9.61. The summed E-state index contributed by atoms with van der Waals surface area (Å²) in [7, 11) is 5.01. The monoisotopic (exact) mass is 396 g/mol. The van der Waals surface area contributed by atoms with Gasteiger partial charge in [-0.2, -0.15) is 0 Å². The third kappa shape index (κ3) is 5.26. The van der Waals surface area contributed by atoms with Crippen molar-refractivity contribution in [2.45, 2.75) is 12.6 Å². The van der Waals surface area contributed by atoms with Gasteiger partial charge in [0, 0.05) is 25.5 Å². The lowest BCUT2D eigenvalue weighted by molar-refractivity contribution is 0.0484. The van der Waals surface area contributed by atoms with E-state index in [4.69, 9.17) is 14.3 Å². The highest BCUT2D eigenvalue weighted by molar-refractivity contribution is 5.73. The number of carbonyl (C=O) groups is 1. The lowest BCUT2D eigenvalue weighted by Crippen LogP contribution is -2.39. The zero-order valence-corrected chi connectivity index (χ0v) is 16.6. The van der Waals surface area contributed by atoms with Gasteiger partial charge in [-0.1, -0.05) is 30.3 Å². The maximum Gasteiger partial charge on any atom is 0.339 e. The van der Waals surface area contributed by atoms with E-state index < -0.39 is 12.1 Å². The SMILES string of the molecule is COc1cc(OC)cc([C@H](NC(=O)NOCc2ccccc2)c2nccn2C)c1. The first-order chi connectivity index (χ1) is 14.1. The maximum absolute atomic E-state index is 12.5. The van der Waals surface area contributed by atoms with Crippen molar-refractivity contribution in [1.82, 2.24) is 20.3 Å². The average molecular weight is 396 g/mol. The molecule has 2 aromatic carbocycles. The van der Waals surface area contributed by atoms with Crippen molar-refractivity contribution in [2.24, 2.45) is 7.05 Å². The topological polar surface area (TPSA) is 86.6 Å². The van der Waals surface area contributed by atoms with Gasteiger partial charge in [-0.25, -0.2) is 15.3 Å². The normalized spacial score (nSPS) is 11.6. The van der Waals surface area contributed by atoms with E-state index in [0.29, 0.717) is 17.3 Å². The number of hydrogen-bond donors (Lipinski definition) is 2. The van der Waals surface area contributed by atoms with Crippen LogP contribution in [0.25, 0.3) is 0 Å². The molecule has 0 spiro atoms. The number of benzene rings is 2. The number of hydrogen-bond acceptors (Lipinski definition) is 5. The Hall–Kier alpha value is -3.52. The van der Waals surface area contributed by atoms with E-state index in [-0.39, 0.29) is 6.61 Å². The summed E-state index contributed by atoms with van der Waals surface area (Å²) in [6.45, 7) is 0.258. The molecule has 2 N–H and O–H groups in total. The Kier molecular flexibility index (Phi) is 6.70. The number of carbonyl (C=O) groups excluding carboxylic acids is 1. The molecule has 8 heteroatoms.